The molecule has 0 unspecified atom stereocenters. The summed E-state index contributed by atoms with van der Waals surface area (Å²) in [7, 11) is -1.91. The fraction of sp³-hybridized carbons (Fsp3) is 0.750. The fourth-order valence-corrected chi connectivity index (χ4v) is 3.90. The van der Waals surface area contributed by atoms with Crippen LogP contribution >= 0.6 is 0 Å². The molecule has 1 rings (SSSR count). The van der Waals surface area contributed by atoms with Gasteiger partial charge in [0.25, 0.3) is 0 Å². The van der Waals surface area contributed by atoms with Gasteiger partial charge < -0.3 is 9.74 Å². The lowest BCUT2D eigenvalue weighted by Crippen LogP contribution is -2.66. The fourth-order valence-electron chi connectivity index (χ4n) is 2.47. The molecular formula is C16H28N2O2Si. The van der Waals surface area contributed by atoms with Gasteiger partial charge in [-0.3, -0.25) is 4.79 Å². The van der Waals surface area contributed by atoms with Crippen LogP contribution in [0.1, 0.15) is 34.1 Å². The molecule has 0 bridgehead atoms. The minimum Gasteiger partial charge on any atom is -0.413 e. The molecule has 118 valence electrons. The maximum absolute atomic E-state index is 11.9. The van der Waals surface area contributed by atoms with E-state index in [1.807, 2.05) is 6.92 Å². The first kappa shape index (κ1) is 17.9. The van der Waals surface area contributed by atoms with Crippen molar-refractivity contribution >= 4 is 14.2 Å². The van der Waals surface area contributed by atoms with Crippen LogP contribution in [0.15, 0.2) is 12.7 Å². The lowest BCUT2D eigenvalue weighted by atomic mass is 9.77. The third-order valence-corrected chi connectivity index (χ3v) is 9.46. The lowest BCUT2D eigenvalue weighted by Gasteiger charge is -2.47. The summed E-state index contributed by atoms with van der Waals surface area (Å²) < 4.78 is 6.34. The summed E-state index contributed by atoms with van der Waals surface area (Å²) in [6, 6.07) is 2.13. The molecule has 0 saturated carbocycles. The summed E-state index contributed by atoms with van der Waals surface area (Å²) >= 11 is 0. The zero-order valence-electron chi connectivity index (χ0n) is 14.1. The monoisotopic (exact) mass is 308 g/mol. The molecule has 5 heteroatoms. The Morgan fingerprint density at radius 2 is 2.10 bits per heavy atom. The number of amides is 1. The quantitative estimate of drug-likeness (QED) is 0.465. The minimum atomic E-state index is -1.91. The summed E-state index contributed by atoms with van der Waals surface area (Å²) in [6.45, 7) is 16.7. The average Bonchev–Trinajstić information content (AvgIpc) is 2.31. The summed E-state index contributed by atoms with van der Waals surface area (Å²) in [6.07, 6.45) is 2.00. The molecule has 0 aromatic heterocycles. The van der Waals surface area contributed by atoms with Gasteiger partial charge in [0.05, 0.1) is 24.1 Å². The Hall–Kier alpha value is -1.12. The number of carbonyl (C=O) groups excluding carboxylic acids is 1. The Balaban J connectivity index is 2.81. The zero-order valence-corrected chi connectivity index (χ0v) is 15.1. The molecule has 0 aliphatic carbocycles. The Bertz CT molecular complexity index is 448. The predicted molar refractivity (Wildman–Crippen MR) is 87.1 cm³/mol. The van der Waals surface area contributed by atoms with E-state index in [-0.39, 0.29) is 34.9 Å². The molecule has 1 amide bonds. The molecule has 0 spiro atoms. The van der Waals surface area contributed by atoms with Crippen molar-refractivity contribution in [1.29, 1.82) is 5.26 Å². The van der Waals surface area contributed by atoms with Gasteiger partial charge in [0.1, 0.15) is 0 Å². The summed E-state index contributed by atoms with van der Waals surface area (Å²) in [5, 5.41) is 11.9. The van der Waals surface area contributed by atoms with E-state index in [1.54, 1.807) is 6.08 Å². The van der Waals surface area contributed by atoms with E-state index in [2.05, 4.69) is 51.8 Å². The normalized spacial score (nSPS) is 25.3. The molecule has 1 heterocycles. The Labute approximate surface area is 129 Å². The Morgan fingerprint density at radius 1 is 1.52 bits per heavy atom. The molecule has 0 aromatic rings. The second-order valence-electron chi connectivity index (χ2n) is 7.41. The molecule has 1 fully saturated rings. The van der Waals surface area contributed by atoms with E-state index >= 15 is 0 Å². The van der Waals surface area contributed by atoms with Crippen molar-refractivity contribution in [1.82, 2.24) is 5.32 Å². The average molecular weight is 308 g/mol. The van der Waals surface area contributed by atoms with Gasteiger partial charge in [0, 0.05) is 12.3 Å². The van der Waals surface area contributed by atoms with Crippen LogP contribution in [-0.2, 0) is 9.22 Å². The first-order chi connectivity index (χ1) is 9.55. The van der Waals surface area contributed by atoms with E-state index in [9.17, 15) is 4.79 Å². The number of nitrogens with zero attached hydrogens (tertiary/aromatic N) is 1. The van der Waals surface area contributed by atoms with Gasteiger partial charge in [0.15, 0.2) is 8.32 Å². The SMILES string of the molecule is C=C[C@H](CC#N)[C@H]1NC(=O)[C@@H]1[C@@H](C)O[Si](C)(C)C(C)(C)C. The van der Waals surface area contributed by atoms with Crippen LogP contribution < -0.4 is 5.32 Å². The van der Waals surface area contributed by atoms with E-state index in [4.69, 9.17) is 9.69 Å². The Morgan fingerprint density at radius 3 is 2.48 bits per heavy atom. The first-order valence-corrected chi connectivity index (χ1v) is 10.4. The van der Waals surface area contributed by atoms with Crippen LogP contribution in [0.25, 0.3) is 0 Å². The van der Waals surface area contributed by atoms with Gasteiger partial charge in [-0.05, 0) is 25.1 Å². The van der Waals surface area contributed by atoms with Crippen molar-refractivity contribution in [3.8, 4) is 6.07 Å². The summed E-state index contributed by atoms with van der Waals surface area (Å²) in [4.78, 5) is 11.9. The first-order valence-electron chi connectivity index (χ1n) is 7.53. The van der Waals surface area contributed by atoms with Gasteiger partial charge in [-0.2, -0.15) is 5.26 Å². The largest absolute Gasteiger partial charge is 0.413 e. The van der Waals surface area contributed by atoms with Crippen LogP contribution in [0.2, 0.25) is 18.1 Å². The molecule has 1 aliphatic heterocycles. The van der Waals surface area contributed by atoms with E-state index in [1.165, 1.54) is 0 Å². The standard InChI is InChI=1S/C16H28N2O2Si/c1-8-12(9-10-17)14-13(15(19)18-14)11(2)20-21(6,7)16(3,4)5/h8,11-14H,1,9H2,2-7H3,(H,18,19)/t11-,12-,13-,14-/m1/s1. The molecule has 0 radical (unpaired) electrons. The van der Waals surface area contributed by atoms with Crippen molar-refractivity contribution in [2.24, 2.45) is 11.8 Å². The smallest absolute Gasteiger partial charge is 0.228 e. The van der Waals surface area contributed by atoms with Gasteiger partial charge in [0.2, 0.25) is 5.91 Å². The van der Waals surface area contributed by atoms with Crippen LogP contribution in [0.3, 0.4) is 0 Å². The molecule has 1 saturated heterocycles. The van der Waals surface area contributed by atoms with Crippen LogP contribution in [-0.4, -0.2) is 26.4 Å². The molecular weight excluding hydrogens is 280 g/mol. The number of β-lactam (4-membered cyclic amide) rings is 1. The predicted octanol–water partition coefficient (Wildman–Crippen LogP) is 3.23. The Kier molecular flexibility index (Phi) is 5.40. The van der Waals surface area contributed by atoms with Crippen molar-refractivity contribution in [3.63, 3.8) is 0 Å². The third-order valence-electron chi connectivity index (χ3n) is 4.88. The van der Waals surface area contributed by atoms with Crippen LogP contribution in [0.5, 0.6) is 0 Å². The van der Waals surface area contributed by atoms with E-state index in [0.717, 1.165) is 0 Å². The van der Waals surface area contributed by atoms with Crippen molar-refractivity contribution in [3.05, 3.63) is 12.7 Å². The molecule has 4 atom stereocenters. The highest BCUT2D eigenvalue weighted by molar-refractivity contribution is 6.74. The zero-order chi connectivity index (χ0) is 16.4. The lowest BCUT2D eigenvalue weighted by molar-refractivity contribution is -0.141. The minimum absolute atomic E-state index is 0.0110. The van der Waals surface area contributed by atoms with Crippen LogP contribution in [0.4, 0.5) is 0 Å². The van der Waals surface area contributed by atoms with Crippen molar-refractivity contribution in [2.45, 2.75) is 64.4 Å². The highest BCUT2D eigenvalue weighted by Crippen LogP contribution is 2.39. The highest BCUT2D eigenvalue weighted by atomic mass is 28.4. The van der Waals surface area contributed by atoms with Gasteiger partial charge in [-0.25, -0.2) is 0 Å². The number of nitrogens with one attached hydrogen (secondary N) is 1. The number of nitriles is 1. The maximum atomic E-state index is 11.9. The molecule has 21 heavy (non-hydrogen) atoms. The van der Waals surface area contributed by atoms with Gasteiger partial charge in [-0.15, -0.1) is 6.58 Å². The number of carbonyl (C=O) groups is 1. The number of hydrogen-bond donors (Lipinski definition) is 1. The third kappa shape index (κ3) is 3.75. The molecule has 1 aliphatic rings. The molecule has 4 nitrogen and oxygen atoms in total. The van der Waals surface area contributed by atoms with Gasteiger partial charge >= 0.3 is 0 Å². The molecule has 0 aromatic carbocycles. The maximum Gasteiger partial charge on any atom is 0.228 e. The number of rotatable bonds is 6. The van der Waals surface area contributed by atoms with Crippen LogP contribution in [0, 0.1) is 23.2 Å². The second-order valence-corrected chi connectivity index (χ2v) is 12.2. The molecule has 1 N–H and O–H groups in total. The number of hydrogen-bond acceptors (Lipinski definition) is 3. The van der Waals surface area contributed by atoms with E-state index in [0.29, 0.717) is 6.42 Å². The van der Waals surface area contributed by atoms with Gasteiger partial charge in [-0.1, -0.05) is 26.8 Å². The summed E-state index contributed by atoms with van der Waals surface area (Å²) in [5.74, 6) is -0.172. The van der Waals surface area contributed by atoms with E-state index < -0.39 is 8.32 Å². The van der Waals surface area contributed by atoms with Crippen molar-refractivity contribution in [2.75, 3.05) is 0 Å². The highest BCUT2D eigenvalue weighted by Gasteiger charge is 2.49. The second kappa shape index (κ2) is 6.33. The van der Waals surface area contributed by atoms with Crippen molar-refractivity contribution < 1.29 is 9.22 Å². The topological polar surface area (TPSA) is 62.1 Å². The summed E-state index contributed by atoms with van der Waals surface area (Å²) in [5.41, 5.74) is 0.